The van der Waals surface area contributed by atoms with Crippen LogP contribution in [0.3, 0.4) is 0 Å². The van der Waals surface area contributed by atoms with Gasteiger partial charge in [-0.1, -0.05) is 48.5 Å². The van der Waals surface area contributed by atoms with Crippen LogP contribution in [0, 0.1) is 0 Å². The van der Waals surface area contributed by atoms with E-state index in [9.17, 15) is 0 Å². The van der Waals surface area contributed by atoms with Gasteiger partial charge in [-0.05, 0) is 72.8 Å². The van der Waals surface area contributed by atoms with Gasteiger partial charge in [0, 0.05) is 30.2 Å². The largest absolute Gasteiger partial charge is 2.00 e. The number of hydrogen-bond donors (Lipinski definition) is 2. The second kappa shape index (κ2) is 25.4. The van der Waals surface area contributed by atoms with Gasteiger partial charge in [-0.25, -0.2) is 0 Å². The van der Waals surface area contributed by atoms with E-state index in [0.29, 0.717) is 50.6 Å². The zero-order chi connectivity index (χ0) is 44.1. The molecular weight excluding hydrogens is 892 g/mol. The average molecular weight is 937 g/mol. The van der Waals surface area contributed by atoms with Crippen molar-refractivity contribution in [2.45, 2.75) is 0 Å². The summed E-state index contributed by atoms with van der Waals surface area (Å²) in [6.07, 6.45) is 2.88. The second-order valence-electron chi connectivity index (χ2n) is 12.3. The van der Waals surface area contributed by atoms with Crippen molar-refractivity contribution >= 4 is 81.2 Å². The molecule has 19 heteroatoms. The van der Waals surface area contributed by atoms with Crippen molar-refractivity contribution in [2.24, 2.45) is 30.7 Å². The quantitative estimate of drug-likeness (QED) is 0.0207. The first kappa shape index (κ1) is 48.2. The fourth-order valence-corrected chi connectivity index (χ4v) is 5.47. The molecular formula is C44H44CuN10O6S2+4. The number of azo groups is 2. The Morgan fingerprint density at radius 2 is 0.937 bits per heavy atom. The summed E-state index contributed by atoms with van der Waals surface area (Å²) in [5.74, 6) is 2.46. The molecule has 0 aliphatic rings. The van der Waals surface area contributed by atoms with Crippen molar-refractivity contribution in [1.82, 2.24) is 0 Å². The molecule has 6 N–H and O–H groups in total. The van der Waals surface area contributed by atoms with E-state index in [1.165, 1.54) is 26.6 Å². The molecule has 0 bridgehead atoms. The smallest absolute Gasteiger partial charge is 0.590 e. The zero-order valence-corrected chi connectivity index (χ0v) is 37.0. The summed E-state index contributed by atoms with van der Waals surface area (Å²) in [7, 11) is 6.18. The zero-order valence-electron chi connectivity index (χ0n) is 34.3. The van der Waals surface area contributed by atoms with Crippen molar-refractivity contribution < 1.29 is 46.2 Å². The predicted molar refractivity (Wildman–Crippen MR) is 256 cm³/mol. The Hall–Kier alpha value is -7.44. The number of rotatable bonds is 14. The minimum absolute atomic E-state index is 0. The van der Waals surface area contributed by atoms with Gasteiger partial charge in [0.2, 0.25) is 21.7 Å². The fraction of sp³-hybridized carbons (Fsp3) is 0.0909. The second-order valence-corrected chi connectivity index (χ2v) is 13.2. The van der Waals surface area contributed by atoms with Crippen molar-refractivity contribution in [3.8, 4) is 34.5 Å². The van der Waals surface area contributed by atoms with Crippen LogP contribution in [0.4, 0.5) is 34.1 Å². The van der Waals surface area contributed by atoms with Gasteiger partial charge in [0.25, 0.3) is 0 Å². The Labute approximate surface area is 385 Å². The van der Waals surface area contributed by atoms with Gasteiger partial charge in [0.1, 0.15) is 11.5 Å². The van der Waals surface area contributed by atoms with Gasteiger partial charge < -0.3 is 60.8 Å². The Kier molecular flexibility index (Phi) is 19.4. The summed E-state index contributed by atoms with van der Waals surface area (Å²) < 4.78 is 21.0. The first-order chi connectivity index (χ1) is 30.2. The van der Waals surface area contributed by atoms with Crippen molar-refractivity contribution in [3.63, 3.8) is 0 Å². The normalized spacial score (nSPS) is 10.7. The molecule has 1 radical (unpaired) electrons. The van der Waals surface area contributed by atoms with Crippen molar-refractivity contribution in [2.75, 3.05) is 39.1 Å². The average Bonchev–Trinajstić information content (AvgIpc) is 3.30. The van der Waals surface area contributed by atoms with Crippen LogP contribution in [0.1, 0.15) is 11.1 Å². The molecule has 0 spiro atoms. The Morgan fingerprint density at radius 1 is 0.508 bits per heavy atom. The number of hydrogen-bond acceptors (Lipinski definition) is 10. The van der Waals surface area contributed by atoms with Crippen LogP contribution in [0.15, 0.2) is 164 Å². The summed E-state index contributed by atoms with van der Waals surface area (Å²) in [5.41, 5.74) is 13.0. The maximum Gasteiger partial charge on any atom is 2.00 e. The van der Waals surface area contributed by atoms with Gasteiger partial charge in [-0.2, -0.15) is 20.5 Å². The van der Waals surface area contributed by atoms with Gasteiger partial charge in [-0.3, -0.25) is 0 Å². The van der Waals surface area contributed by atoms with Crippen LogP contribution in [0.2, 0.25) is 0 Å². The third kappa shape index (κ3) is 15.2. The van der Waals surface area contributed by atoms with Crippen LogP contribution in [-0.2, 0) is 41.5 Å². The molecule has 0 saturated heterocycles. The topological polar surface area (TPSA) is 209 Å². The SMILES string of the molecule is COc1ccc(NC(=[SH+])[N-]N=Cc2cc(N=Nc3ccccc3)cc(OC)c2[OH2+])cc1.COc1ccccc1NC(=[SH+])[N-]N=Cc1cc(N=Nc2ccccc2)cc(OC)c1[OH2+].[Cu+2]. The third-order valence-electron chi connectivity index (χ3n) is 8.15. The molecule has 325 valence electrons. The van der Waals surface area contributed by atoms with E-state index in [2.05, 4.69) is 76.6 Å². The van der Waals surface area contributed by atoms with E-state index in [1.807, 2.05) is 109 Å². The van der Waals surface area contributed by atoms with Crippen LogP contribution in [-0.4, -0.2) is 61.3 Å². The minimum atomic E-state index is 0. The molecule has 0 unspecified atom stereocenters. The van der Waals surface area contributed by atoms with Crippen LogP contribution >= 0.6 is 0 Å². The van der Waals surface area contributed by atoms with E-state index in [0.717, 1.165) is 22.8 Å². The number of benzene rings is 6. The van der Waals surface area contributed by atoms with Crippen LogP contribution in [0.5, 0.6) is 34.5 Å². The minimum Gasteiger partial charge on any atom is -0.590 e. The first-order valence-electron chi connectivity index (χ1n) is 18.4. The van der Waals surface area contributed by atoms with E-state index in [4.69, 9.17) is 29.2 Å². The molecule has 16 nitrogen and oxygen atoms in total. The number of para-hydroxylation sites is 2. The molecule has 0 saturated carbocycles. The Morgan fingerprint density at radius 3 is 1.40 bits per heavy atom. The number of nitrogens with one attached hydrogen (secondary N) is 2. The number of thiol groups is 2. The first-order valence-corrected chi connectivity index (χ1v) is 19.3. The molecule has 63 heavy (non-hydrogen) atoms. The van der Waals surface area contributed by atoms with Gasteiger partial charge >= 0.3 is 28.6 Å². The van der Waals surface area contributed by atoms with Gasteiger partial charge in [0.05, 0.1) is 68.0 Å². The van der Waals surface area contributed by atoms with Crippen LogP contribution < -0.4 is 29.6 Å². The summed E-state index contributed by atoms with van der Waals surface area (Å²) >= 11 is 8.58. The summed E-state index contributed by atoms with van der Waals surface area (Å²) in [5, 5.41) is 48.0. The third-order valence-corrected chi connectivity index (χ3v) is 8.55. The molecule has 0 atom stereocenters. The maximum atomic E-state index is 8.27. The van der Waals surface area contributed by atoms with E-state index >= 15 is 0 Å². The van der Waals surface area contributed by atoms with Gasteiger partial charge in [-0.15, -0.1) is 0 Å². The summed E-state index contributed by atoms with van der Waals surface area (Å²) in [6.45, 7) is 0. The fourth-order valence-electron chi connectivity index (χ4n) is 5.12. The molecule has 6 rings (SSSR count). The number of methoxy groups -OCH3 is 4. The molecule has 0 aromatic heterocycles. The van der Waals surface area contributed by atoms with Crippen molar-refractivity contribution in [1.29, 1.82) is 0 Å². The Bertz CT molecular complexity index is 2550. The molecule has 6 aromatic carbocycles. The predicted octanol–water partition coefficient (Wildman–Crippen LogP) is 9.48. The van der Waals surface area contributed by atoms with Gasteiger partial charge in [0.15, 0.2) is 24.4 Å². The standard InChI is InChI=1S/2C22H21N5O3S.Cu/c1-29-19-11-7-6-10-18(19)24-22(31)27-23-14-15-12-17(13-20(30-2)21(15)28)26-25-16-8-4-3-5-9-16;1-29-19-10-8-16(9-11-19)24-22(31)27-23-14-15-12-18(13-20(30-2)21(15)28)26-25-17-6-4-3-5-7-17;/h2*3-14H,1-2H3,(H3,23,24,25,26,27,28,31);/q;;+2/p+2. The van der Waals surface area contributed by atoms with E-state index in [-0.39, 0.29) is 33.7 Å². The molecule has 0 amide bonds. The number of anilines is 2. The molecule has 0 aliphatic carbocycles. The summed E-state index contributed by atoms with van der Waals surface area (Å²) in [6, 6.07) is 40.1. The molecule has 0 fully saturated rings. The number of nitrogens with zero attached hydrogens (tertiary/aromatic N) is 8. The molecule has 0 aliphatic heterocycles. The molecule has 6 aromatic rings. The summed E-state index contributed by atoms with van der Waals surface area (Å²) in [4.78, 5) is 0. The Balaban J connectivity index is 0.000000272. The van der Waals surface area contributed by atoms with Crippen molar-refractivity contribution in [3.05, 3.63) is 155 Å². The molecule has 0 heterocycles. The number of ether oxygens (including phenoxy) is 4. The van der Waals surface area contributed by atoms with E-state index < -0.39 is 0 Å². The van der Waals surface area contributed by atoms with Crippen LogP contribution in [0.25, 0.3) is 10.9 Å². The monoisotopic (exact) mass is 935 g/mol. The maximum absolute atomic E-state index is 8.27. The van der Waals surface area contributed by atoms with E-state index in [1.54, 1.807) is 38.5 Å².